The number of benzene rings is 2. The summed E-state index contributed by atoms with van der Waals surface area (Å²) in [7, 11) is 0. The standard InChI is InChI=1S/C19H16BrF3N2/c20-12-6-9-16-15(10-12)14-2-1-3-17(18(14)25-16)24-13-7-4-11(5-8-13)19(21,22)23/h4-10,17,24-25H,1-3H2. The van der Waals surface area contributed by atoms with Crippen molar-refractivity contribution in [1.82, 2.24) is 4.98 Å². The molecule has 0 saturated carbocycles. The van der Waals surface area contributed by atoms with Crippen molar-refractivity contribution < 1.29 is 13.2 Å². The summed E-state index contributed by atoms with van der Waals surface area (Å²) in [4.78, 5) is 3.49. The maximum atomic E-state index is 12.7. The SMILES string of the molecule is FC(F)(F)c1ccc(NC2CCCc3c2[nH]c2ccc(Br)cc32)cc1. The normalized spacial score (nSPS) is 17.5. The Hall–Kier alpha value is -1.95. The molecule has 6 heteroatoms. The summed E-state index contributed by atoms with van der Waals surface area (Å²) >= 11 is 3.52. The van der Waals surface area contributed by atoms with Crippen LogP contribution in [0, 0.1) is 0 Å². The number of hydrogen-bond acceptors (Lipinski definition) is 1. The van der Waals surface area contributed by atoms with E-state index in [4.69, 9.17) is 0 Å². The molecule has 2 aromatic carbocycles. The van der Waals surface area contributed by atoms with Crippen molar-refractivity contribution in [1.29, 1.82) is 0 Å². The Kier molecular flexibility index (Phi) is 4.02. The summed E-state index contributed by atoms with van der Waals surface area (Å²) in [5.41, 5.74) is 3.60. The van der Waals surface area contributed by atoms with Crippen LogP contribution in [0.5, 0.6) is 0 Å². The molecule has 4 rings (SSSR count). The first-order valence-corrected chi connectivity index (χ1v) is 8.95. The first kappa shape index (κ1) is 16.5. The molecule has 0 aliphatic heterocycles. The Morgan fingerprint density at radius 3 is 2.56 bits per heavy atom. The van der Waals surface area contributed by atoms with Gasteiger partial charge in [0.2, 0.25) is 0 Å². The second-order valence-electron chi connectivity index (χ2n) is 6.37. The highest BCUT2D eigenvalue weighted by molar-refractivity contribution is 9.10. The number of H-pyrrole nitrogens is 1. The van der Waals surface area contributed by atoms with Gasteiger partial charge in [-0.05, 0) is 67.3 Å². The summed E-state index contributed by atoms with van der Waals surface area (Å²) in [6.45, 7) is 0. The minimum atomic E-state index is -4.30. The van der Waals surface area contributed by atoms with Crippen LogP contribution in [0.15, 0.2) is 46.9 Å². The van der Waals surface area contributed by atoms with Crippen LogP contribution in [-0.4, -0.2) is 4.98 Å². The van der Waals surface area contributed by atoms with Crippen molar-refractivity contribution in [3.05, 3.63) is 63.8 Å². The highest BCUT2D eigenvalue weighted by Crippen LogP contribution is 2.38. The summed E-state index contributed by atoms with van der Waals surface area (Å²) < 4.78 is 39.1. The first-order chi connectivity index (χ1) is 11.9. The molecule has 0 bridgehead atoms. The Morgan fingerprint density at radius 1 is 1.08 bits per heavy atom. The third kappa shape index (κ3) is 3.15. The number of halogens is 4. The predicted molar refractivity (Wildman–Crippen MR) is 96.7 cm³/mol. The van der Waals surface area contributed by atoms with E-state index in [1.165, 1.54) is 23.1 Å². The molecule has 2 nitrogen and oxygen atoms in total. The maximum Gasteiger partial charge on any atom is 0.416 e. The Morgan fingerprint density at radius 2 is 1.84 bits per heavy atom. The number of aryl methyl sites for hydroxylation is 1. The lowest BCUT2D eigenvalue weighted by atomic mass is 9.91. The Balaban J connectivity index is 1.64. The van der Waals surface area contributed by atoms with E-state index in [2.05, 4.69) is 32.3 Å². The topological polar surface area (TPSA) is 27.8 Å². The van der Waals surface area contributed by atoms with Gasteiger partial charge in [-0.15, -0.1) is 0 Å². The van der Waals surface area contributed by atoms with Crippen LogP contribution >= 0.6 is 15.9 Å². The number of alkyl halides is 3. The van der Waals surface area contributed by atoms with Gasteiger partial charge in [-0.2, -0.15) is 13.2 Å². The molecule has 130 valence electrons. The highest BCUT2D eigenvalue weighted by atomic mass is 79.9. The van der Waals surface area contributed by atoms with Crippen molar-refractivity contribution in [3.8, 4) is 0 Å². The number of fused-ring (bicyclic) bond motifs is 3. The van der Waals surface area contributed by atoms with Gasteiger partial charge in [-0.25, -0.2) is 0 Å². The molecule has 0 amide bonds. The fourth-order valence-corrected chi connectivity index (χ4v) is 3.90. The molecule has 0 radical (unpaired) electrons. The number of aromatic amines is 1. The van der Waals surface area contributed by atoms with Crippen molar-refractivity contribution in [2.45, 2.75) is 31.5 Å². The van der Waals surface area contributed by atoms with Crippen LogP contribution in [0.3, 0.4) is 0 Å². The van der Waals surface area contributed by atoms with E-state index in [1.807, 2.05) is 12.1 Å². The van der Waals surface area contributed by atoms with Crippen LogP contribution in [0.1, 0.15) is 35.7 Å². The lowest BCUT2D eigenvalue weighted by molar-refractivity contribution is -0.137. The average Bonchev–Trinajstić information content (AvgIpc) is 2.94. The molecule has 2 N–H and O–H groups in total. The third-order valence-corrected chi connectivity index (χ3v) is 5.22. The van der Waals surface area contributed by atoms with E-state index >= 15 is 0 Å². The van der Waals surface area contributed by atoms with Crippen LogP contribution in [0.2, 0.25) is 0 Å². The number of nitrogens with one attached hydrogen (secondary N) is 2. The second kappa shape index (κ2) is 6.09. The van der Waals surface area contributed by atoms with E-state index < -0.39 is 11.7 Å². The molecule has 0 fully saturated rings. The lowest BCUT2D eigenvalue weighted by Gasteiger charge is -2.25. The lowest BCUT2D eigenvalue weighted by Crippen LogP contribution is -2.17. The zero-order chi connectivity index (χ0) is 17.6. The molecule has 25 heavy (non-hydrogen) atoms. The number of hydrogen-bond donors (Lipinski definition) is 2. The molecule has 1 aliphatic carbocycles. The molecular weight excluding hydrogens is 393 g/mol. The van der Waals surface area contributed by atoms with Gasteiger partial charge in [-0.1, -0.05) is 15.9 Å². The number of aromatic nitrogens is 1. The van der Waals surface area contributed by atoms with E-state index in [0.29, 0.717) is 5.69 Å². The molecule has 1 aliphatic rings. The Labute approximate surface area is 151 Å². The molecule has 0 spiro atoms. The first-order valence-electron chi connectivity index (χ1n) is 8.15. The highest BCUT2D eigenvalue weighted by Gasteiger charge is 2.30. The van der Waals surface area contributed by atoms with Crippen molar-refractivity contribution >= 4 is 32.5 Å². The Bertz CT molecular complexity index is 913. The van der Waals surface area contributed by atoms with Crippen molar-refractivity contribution in [2.75, 3.05) is 5.32 Å². The minimum absolute atomic E-state index is 0.0756. The second-order valence-corrected chi connectivity index (χ2v) is 7.29. The van der Waals surface area contributed by atoms with Gasteiger partial charge in [0.05, 0.1) is 11.6 Å². The van der Waals surface area contributed by atoms with Gasteiger partial charge in [0.15, 0.2) is 0 Å². The van der Waals surface area contributed by atoms with Crippen LogP contribution < -0.4 is 5.32 Å². The molecule has 3 aromatic rings. The zero-order valence-electron chi connectivity index (χ0n) is 13.3. The molecule has 1 unspecified atom stereocenters. The van der Waals surface area contributed by atoms with Crippen molar-refractivity contribution in [3.63, 3.8) is 0 Å². The maximum absolute atomic E-state index is 12.7. The van der Waals surface area contributed by atoms with E-state index in [-0.39, 0.29) is 6.04 Å². The van der Waals surface area contributed by atoms with E-state index in [1.54, 1.807) is 0 Å². The minimum Gasteiger partial charge on any atom is -0.377 e. The smallest absolute Gasteiger partial charge is 0.377 e. The van der Waals surface area contributed by atoms with Crippen LogP contribution in [-0.2, 0) is 12.6 Å². The van der Waals surface area contributed by atoms with Gasteiger partial charge in [0, 0.05) is 26.8 Å². The average molecular weight is 409 g/mol. The molecule has 1 heterocycles. The summed E-state index contributed by atoms with van der Waals surface area (Å²) in [5, 5.41) is 4.59. The summed E-state index contributed by atoms with van der Waals surface area (Å²) in [6, 6.07) is 11.5. The fourth-order valence-electron chi connectivity index (χ4n) is 3.54. The molecule has 0 saturated heterocycles. The van der Waals surface area contributed by atoms with Crippen LogP contribution in [0.4, 0.5) is 18.9 Å². The van der Waals surface area contributed by atoms with Gasteiger partial charge < -0.3 is 10.3 Å². The quantitative estimate of drug-likeness (QED) is 0.501. The summed E-state index contributed by atoms with van der Waals surface area (Å²) in [5.74, 6) is 0. The van der Waals surface area contributed by atoms with Crippen molar-refractivity contribution in [2.24, 2.45) is 0 Å². The van der Waals surface area contributed by atoms with Gasteiger partial charge >= 0.3 is 6.18 Å². The van der Waals surface area contributed by atoms with E-state index in [9.17, 15) is 13.2 Å². The number of anilines is 1. The van der Waals surface area contributed by atoms with E-state index in [0.717, 1.165) is 47.1 Å². The third-order valence-electron chi connectivity index (χ3n) is 4.72. The molecule has 1 aromatic heterocycles. The number of rotatable bonds is 2. The fraction of sp³-hybridized carbons (Fsp3) is 0.263. The summed E-state index contributed by atoms with van der Waals surface area (Å²) in [6.07, 6.45) is -1.30. The predicted octanol–water partition coefficient (Wildman–Crippen LogP) is 6.44. The monoisotopic (exact) mass is 408 g/mol. The zero-order valence-corrected chi connectivity index (χ0v) is 14.8. The largest absolute Gasteiger partial charge is 0.416 e. The molecule has 1 atom stereocenters. The van der Waals surface area contributed by atoms with Crippen LogP contribution in [0.25, 0.3) is 10.9 Å². The molecular formula is C19H16BrF3N2. The van der Waals surface area contributed by atoms with Gasteiger partial charge in [0.1, 0.15) is 0 Å². The van der Waals surface area contributed by atoms with Gasteiger partial charge in [0.25, 0.3) is 0 Å². The van der Waals surface area contributed by atoms with Gasteiger partial charge in [-0.3, -0.25) is 0 Å².